The Balaban J connectivity index is 1.70. The van der Waals surface area contributed by atoms with Crippen molar-refractivity contribution < 1.29 is 13.9 Å². The second-order valence-electron chi connectivity index (χ2n) is 5.35. The van der Waals surface area contributed by atoms with Crippen LogP contribution in [0.3, 0.4) is 0 Å². The van der Waals surface area contributed by atoms with Gasteiger partial charge >= 0.3 is 0 Å². The quantitative estimate of drug-likeness (QED) is 0.887. The summed E-state index contributed by atoms with van der Waals surface area (Å²) in [5.74, 6) is -0.0386. The van der Waals surface area contributed by atoms with Gasteiger partial charge in [-0.1, -0.05) is 18.2 Å². The van der Waals surface area contributed by atoms with E-state index >= 15 is 0 Å². The van der Waals surface area contributed by atoms with Crippen LogP contribution in [0.1, 0.15) is 18.1 Å². The molecule has 1 amide bonds. The highest BCUT2D eigenvalue weighted by Gasteiger charge is 2.32. The number of amides is 1. The van der Waals surface area contributed by atoms with Crippen LogP contribution in [0.4, 0.5) is 4.39 Å². The molecule has 1 N–H and O–H groups in total. The van der Waals surface area contributed by atoms with Crippen molar-refractivity contribution in [3.05, 3.63) is 35.6 Å². The van der Waals surface area contributed by atoms with Crippen LogP contribution in [-0.4, -0.2) is 43.6 Å². The van der Waals surface area contributed by atoms with E-state index in [1.165, 1.54) is 6.07 Å². The normalized spacial score (nSPS) is 26.8. The molecule has 0 aliphatic carbocycles. The van der Waals surface area contributed by atoms with Crippen molar-refractivity contribution in [2.45, 2.75) is 12.5 Å². The number of morpholine rings is 1. The van der Waals surface area contributed by atoms with Gasteiger partial charge in [0.2, 0.25) is 5.91 Å². The summed E-state index contributed by atoms with van der Waals surface area (Å²) in [6, 6.07) is 6.61. The van der Waals surface area contributed by atoms with Crippen molar-refractivity contribution in [1.82, 2.24) is 10.2 Å². The average molecular weight is 278 g/mol. The van der Waals surface area contributed by atoms with Crippen LogP contribution in [0.15, 0.2) is 24.3 Å². The number of rotatable bonds is 2. The van der Waals surface area contributed by atoms with Crippen LogP contribution in [-0.2, 0) is 9.53 Å². The van der Waals surface area contributed by atoms with Crippen LogP contribution >= 0.6 is 0 Å². The Morgan fingerprint density at radius 3 is 3.00 bits per heavy atom. The summed E-state index contributed by atoms with van der Waals surface area (Å²) in [6.07, 6.45) is 0.531. The van der Waals surface area contributed by atoms with Crippen LogP contribution in [0, 0.1) is 11.7 Å². The molecule has 0 bridgehead atoms. The molecule has 2 atom stereocenters. The minimum absolute atomic E-state index is 0.0642. The van der Waals surface area contributed by atoms with Crippen molar-refractivity contribution in [2.75, 3.05) is 32.8 Å². The van der Waals surface area contributed by atoms with Gasteiger partial charge in [0.25, 0.3) is 0 Å². The van der Waals surface area contributed by atoms with Crippen molar-refractivity contribution in [3.8, 4) is 0 Å². The highest BCUT2D eigenvalue weighted by Crippen LogP contribution is 2.25. The van der Waals surface area contributed by atoms with E-state index in [0.717, 1.165) is 19.5 Å². The van der Waals surface area contributed by atoms with Gasteiger partial charge in [0.05, 0.1) is 19.1 Å². The van der Waals surface area contributed by atoms with E-state index in [0.29, 0.717) is 25.3 Å². The Kier molecular flexibility index (Phi) is 3.98. The third-order valence-corrected chi connectivity index (χ3v) is 4.04. The summed E-state index contributed by atoms with van der Waals surface area (Å²) < 4.78 is 19.4. The van der Waals surface area contributed by atoms with Gasteiger partial charge in [-0.3, -0.25) is 4.79 Å². The zero-order valence-corrected chi connectivity index (χ0v) is 11.3. The summed E-state index contributed by atoms with van der Waals surface area (Å²) in [5.41, 5.74) is 0.537. The molecule has 0 radical (unpaired) electrons. The molecule has 108 valence electrons. The summed E-state index contributed by atoms with van der Waals surface area (Å²) >= 11 is 0. The number of hydrogen-bond donors (Lipinski definition) is 1. The lowest BCUT2D eigenvalue weighted by molar-refractivity contribution is -0.142. The van der Waals surface area contributed by atoms with E-state index in [1.54, 1.807) is 18.2 Å². The monoisotopic (exact) mass is 278 g/mol. The van der Waals surface area contributed by atoms with Crippen LogP contribution in [0.5, 0.6) is 0 Å². The fourth-order valence-electron chi connectivity index (χ4n) is 2.90. The lowest BCUT2D eigenvalue weighted by Crippen LogP contribution is -2.45. The van der Waals surface area contributed by atoms with Crippen molar-refractivity contribution in [2.24, 2.45) is 5.92 Å². The second-order valence-corrected chi connectivity index (χ2v) is 5.35. The molecule has 20 heavy (non-hydrogen) atoms. The molecule has 0 spiro atoms. The molecular formula is C15H19FN2O2. The highest BCUT2D eigenvalue weighted by atomic mass is 19.1. The van der Waals surface area contributed by atoms with Crippen molar-refractivity contribution >= 4 is 5.91 Å². The number of benzene rings is 1. The summed E-state index contributed by atoms with van der Waals surface area (Å²) in [7, 11) is 0. The van der Waals surface area contributed by atoms with E-state index in [9.17, 15) is 9.18 Å². The molecule has 2 aliphatic heterocycles. The lowest BCUT2D eigenvalue weighted by Gasteiger charge is -2.34. The molecule has 1 aromatic carbocycles. The van der Waals surface area contributed by atoms with Gasteiger partial charge in [0.15, 0.2) is 0 Å². The average Bonchev–Trinajstić information content (AvgIpc) is 3.01. The first-order valence-corrected chi connectivity index (χ1v) is 7.11. The summed E-state index contributed by atoms with van der Waals surface area (Å²) in [5, 5.41) is 3.21. The van der Waals surface area contributed by atoms with Gasteiger partial charge in [0.1, 0.15) is 11.9 Å². The third-order valence-electron chi connectivity index (χ3n) is 4.04. The Bertz CT molecular complexity index is 489. The molecule has 2 heterocycles. The Morgan fingerprint density at radius 1 is 1.40 bits per heavy atom. The maximum absolute atomic E-state index is 13.8. The van der Waals surface area contributed by atoms with Crippen molar-refractivity contribution in [3.63, 3.8) is 0 Å². The fraction of sp³-hybridized carbons (Fsp3) is 0.533. The van der Waals surface area contributed by atoms with Gasteiger partial charge in [-0.15, -0.1) is 0 Å². The number of nitrogens with one attached hydrogen (secondary N) is 1. The number of carbonyl (C=O) groups excluding carboxylic acids is 1. The molecule has 0 aromatic heterocycles. The van der Waals surface area contributed by atoms with Crippen LogP contribution in [0.2, 0.25) is 0 Å². The van der Waals surface area contributed by atoms with Crippen LogP contribution in [0.25, 0.3) is 0 Å². The minimum atomic E-state index is -0.358. The largest absolute Gasteiger partial charge is 0.370 e. The first kappa shape index (κ1) is 13.5. The smallest absolute Gasteiger partial charge is 0.227 e. The molecule has 1 aromatic rings. The molecule has 2 saturated heterocycles. The summed E-state index contributed by atoms with van der Waals surface area (Å²) in [6.45, 7) is 3.15. The van der Waals surface area contributed by atoms with Gasteiger partial charge < -0.3 is 15.0 Å². The molecule has 5 heteroatoms. The zero-order chi connectivity index (χ0) is 13.9. The topological polar surface area (TPSA) is 41.6 Å². The maximum atomic E-state index is 13.8. The van der Waals surface area contributed by atoms with Crippen LogP contribution < -0.4 is 5.32 Å². The molecular weight excluding hydrogens is 259 g/mol. The Morgan fingerprint density at radius 2 is 2.25 bits per heavy atom. The van der Waals surface area contributed by atoms with Gasteiger partial charge in [-0.05, 0) is 19.0 Å². The van der Waals surface area contributed by atoms with E-state index < -0.39 is 0 Å². The van der Waals surface area contributed by atoms with Gasteiger partial charge in [-0.25, -0.2) is 4.39 Å². The minimum Gasteiger partial charge on any atom is -0.370 e. The van der Waals surface area contributed by atoms with E-state index in [4.69, 9.17) is 4.74 Å². The first-order valence-electron chi connectivity index (χ1n) is 7.11. The van der Waals surface area contributed by atoms with E-state index in [-0.39, 0.29) is 23.7 Å². The first-order chi connectivity index (χ1) is 9.75. The molecule has 2 aliphatic rings. The number of ether oxygens (including phenoxy) is 1. The molecule has 4 nitrogen and oxygen atoms in total. The third kappa shape index (κ3) is 2.69. The predicted octanol–water partition coefficient (Wildman–Crippen LogP) is 1.34. The Labute approximate surface area is 117 Å². The SMILES string of the molecule is O=C([C@@H]1CCNC1)N1CCO[C@@H](c2ccccc2F)C1. The molecule has 3 rings (SSSR count). The van der Waals surface area contributed by atoms with Gasteiger partial charge in [-0.2, -0.15) is 0 Å². The standard InChI is InChI=1S/C15H19FN2O2/c16-13-4-2-1-3-12(13)14-10-18(7-8-20-14)15(19)11-5-6-17-9-11/h1-4,11,14,17H,5-10H2/t11-,14-/m1/s1. The summed E-state index contributed by atoms with van der Waals surface area (Å²) in [4.78, 5) is 14.2. The Hall–Kier alpha value is -1.46. The predicted molar refractivity (Wildman–Crippen MR) is 72.6 cm³/mol. The maximum Gasteiger partial charge on any atom is 0.227 e. The van der Waals surface area contributed by atoms with Gasteiger partial charge in [0, 0.05) is 18.7 Å². The number of nitrogens with zero attached hydrogens (tertiary/aromatic N) is 1. The van der Waals surface area contributed by atoms with E-state index in [2.05, 4.69) is 5.32 Å². The molecule has 0 unspecified atom stereocenters. The second kappa shape index (κ2) is 5.89. The van der Waals surface area contributed by atoms with Crippen molar-refractivity contribution in [1.29, 1.82) is 0 Å². The highest BCUT2D eigenvalue weighted by molar-refractivity contribution is 5.79. The molecule has 0 saturated carbocycles. The number of hydrogen-bond acceptors (Lipinski definition) is 3. The molecule has 2 fully saturated rings. The zero-order valence-electron chi connectivity index (χ0n) is 11.3. The fourth-order valence-corrected chi connectivity index (χ4v) is 2.90. The van der Waals surface area contributed by atoms with E-state index in [1.807, 2.05) is 4.90 Å². The number of halogens is 1. The number of carbonyl (C=O) groups is 1. The lowest BCUT2D eigenvalue weighted by atomic mass is 10.0.